The molecule has 2 rings (SSSR count). The largest absolute Gasteiger partial charge is 0.495 e. The maximum absolute atomic E-state index is 12.2. The van der Waals surface area contributed by atoms with E-state index in [-0.39, 0.29) is 16.7 Å². The maximum Gasteiger partial charge on any atom is 0.244 e. The Morgan fingerprint density at radius 1 is 1.50 bits per heavy atom. The summed E-state index contributed by atoms with van der Waals surface area (Å²) in [5, 5.41) is 0. The van der Waals surface area contributed by atoms with Crippen LogP contribution in [0.25, 0.3) is 0 Å². The predicted molar refractivity (Wildman–Crippen MR) is 76.2 cm³/mol. The van der Waals surface area contributed by atoms with Crippen molar-refractivity contribution in [2.24, 2.45) is 0 Å². The first-order chi connectivity index (χ1) is 9.53. The van der Waals surface area contributed by atoms with Crippen molar-refractivity contribution in [3.63, 3.8) is 0 Å². The summed E-state index contributed by atoms with van der Waals surface area (Å²) in [6.07, 6.45) is 2.87. The molecular weight excluding hydrogens is 280 g/mol. The molecule has 1 aliphatic heterocycles. The molecule has 0 aliphatic carbocycles. The van der Waals surface area contributed by atoms with Crippen LogP contribution in [0, 0.1) is 0 Å². The van der Waals surface area contributed by atoms with Crippen molar-refractivity contribution in [3.05, 3.63) is 18.2 Å². The van der Waals surface area contributed by atoms with Crippen molar-refractivity contribution in [3.8, 4) is 5.75 Å². The van der Waals surface area contributed by atoms with Crippen LogP contribution in [0.15, 0.2) is 23.1 Å². The molecule has 112 valence electrons. The number of benzene rings is 1. The minimum atomic E-state index is -3.60. The fourth-order valence-corrected chi connectivity index (χ4v) is 3.41. The number of anilines is 1. The number of hydrogen-bond acceptors (Lipinski definition) is 5. The van der Waals surface area contributed by atoms with E-state index in [0.717, 1.165) is 19.4 Å². The lowest BCUT2D eigenvalue weighted by atomic mass is 10.2. The zero-order valence-electron chi connectivity index (χ0n) is 11.5. The molecule has 0 saturated carbocycles. The quantitative estimate of drug-likeness (QED) is 0.768. The van der Waals surface area contributed by atoms with Crippen LogP contribution in [0.4, 0.5) is 5.69 Å². The monoisotopic (exact) mass is 300 g/mol. The number of nitrogen functional groups attached to an aromatic ring is 1. The average molecular weight is 300 g/mol. The van der Waals surface area contributed by atoms with E-state index in [0.29, 0.717) is 18.7 Å². The lowest BCUT2D eigenvalue weighted by Crippen LogP contribution is -2.27. The molecule has 3 N–H and O–H groups in total. The molecule has 1 saturated heterocycles. The van der Waals surface area contributed by atoms with Crippen LogP contribution in [-0.4, -0.2) is 34.8 Å². The van der Waals surface area contributed by atoms with E-state index < -0.39 is 10.0 Å². The van der Waals surface area contributed by atoms with Gasteiger partial charge in [0.15, 0.2) is 0 Å². The fraction of sp³-hybridized carbons (Fsp3) is 0.538. The number of ether oxygens (including phenoxy) is 2. The second-order valence-electron chi connectivity index (χ2n) is 4.73. The molecule has 1 aromatic rings. The standard InChI is InChI=1S/C13H20N2O4S/c1-18-12-9-10(14)4-5-13(12)20(16,17)15-7-6-11-3-2-8-19-11/h4-5,9,11,15H,2-3,6-8,14H2,1H3. The minimum Gasteiger partial charge on any atom is -0.495 e. The van der Waals surface area contributed by atoms with Crippen molar-refractivity contribution < 1.29 is 17.9 Å². The number of nitrogens with two attached hydrogens (primary N) is 1. The van der Waals surface area contributed by atoms with Crippen molar-refractivity contribution in [1.29, 1.82) is 0 Å². The van der Waals surface area contributed by atoms with Gasteiger partial charge in [-0.3, -0.25) is 0 Å². The van der Waals surface area contributed by atoms with Gasteiger partial charge in [-0.15, -0.1) is 0 Å². The van der Waals surface area contributed by atoms with E-state index in [1.54, 1.807) is 0 Å². The minimum absolute atomic E-state index is 0.0986. The number of hydrogen-bond donors (Lipinski definition) is 2. The van der Waals surface area contributed by atoms with Gasteiger partial charge in [0, 0.05) is 24.9 Å². The Morgan fingerprint density at radius 2 is 2.30 bits per heavy atom. The zero-order valence-corrected chi connectivity index (χ0v) is 12.3. The maximum atomic E-state index is 12.2. The summed E-state index contributed by atoms with van der Waals surface area (Å²) in [6, 6.07) is 4.48. The highest BCUT2D eigenvalue weighted by atomic mass is 32.2. The SMILES string of the molecule is COc1cc(N)ccc1S(=O)(=O)NCCC1CCCO1. The third kappa shape index (κ3) is 3.62. The molecule has 0 aromatic heterocycles. The Balaban J connectivity index is 2.02. The summed E-state index contributed by atoms with van der Waals surface area (Å²) in [4.78, 5) is 0.0986. The summed E-state index contributed by atoms with van der Waals surface area (Å²) in [6.45, 7) is 1.11. The third-order valence-electron chi connectivity index (χ3n) is 3.26. The topological polar surface area (TPSA) is 90.7 Å². The molecular formula is C13H20N2O4S. The Bertz CT molecular complexity index is 553. The molecule has 0 radical (unpaired) electrons. The van der Waals surface area contributed by atoms with Crippen LogP contribution < -0.4 is 15.2 Å². The molecule has 0 amide bonds. The van der Waals surface area contributed by atoms with Gasteiger partial charge in [0.1, 0.15) is 10.6 Å². The molecule has 20 heavy (non-hydrogen) atoms. The first-order valence-corrected chi connectivity index (χ1v) is 8.06. The average Bonchev–Trinajstić information content (AvgIpc) is 2.91. The Hall–Kier alpha value is -1.31. The number of methoxy groups -OCH3 is 1. The highest BCUT2D eigenvalue weighted by Crippen LogP contribution is 2.25. The van der Waals surface area contributed by atoms with Gasteiger partial charge in [-0.2, -0.15) is 0 Å². The normalized spacial score (nSPS) is 19.1. The third-order valence-corrected chi connectivity index (χ3v) is 4.76. The Kier molecular flexibility index (Phi) is 4.85. The van der Waals surface area contributed by atoms with Crippen LogP contribution in [0.2, 0.25) is 0 Å². The molecule has 0 spiro atoms. The smallest absolute Gasteiger partial charge is 0.244 e. The molecule has 1 heterocycles. The van der Waals surface area contributed by atoms with E-state index >= 15 is 0 Å². The molecule has 0 bridgehead atoms. The summed E-state index contributed by atoms with van der Waals surface area (Å²) < 4.78 is 37.5. The van der Waals surface area contributed by atoms with Crippen LogP contribution in [-0.2, 0) is 14.8 Å². The van der Waals surface area contributed by atoms with Crippen LogP contribution in [0.3, 0.4) is 0 Å². The van der Waals surface area contributed by atoms with E-state index in [2.05, 4.69) is 4.72 Å². The summed E-state index contributed by atoms with van der Waals surface area (Å²) >= 11 is 0. The highest BCUT2D eigenvalue weighted by Gasteiger charge is 2.21. The molecule has 1 aromatic carbocycles. The lowest BCUT2D eigenvalue weighted by Gasteiger charge is -2.13. The van der Waals surface area contributed by atoms with Crippen LogP contribution in [0.5, 0.6) is 5.75 Å². The second-order valence-corrected chi connectivity index (χ2v) is 6.47. The van der Waals surface area contributed by atoms with E-state index in [1.807, 2.05) is 0 Å². The summed E-state index contributed by atoms with van der Waals surface area (Å²) in [7, 11) is -2.18. The van der Waals surface area contributed by atoms with Crippen LogP contribution in [0.1, 0.15) is 19.3 Å². The molecule has 1 aliphatic rings. The van der Waals surface area contributed by atoms with Gasteiger partial charge in [-0.05, 0) is 31.4 Å². The molecule has 6 nitrogen and oxygen atoms in total. The van der Waals surface area contributed by atoms with Gasteiger partial charge in [0.25, 0.3) is 0 Å². The number of nitrogens with one attached hydrogen (secondary N) is 1. The zero-order chi connectivity index (χ0) is 14.6. The second kappa shape index (κ2) is 6.43. The fourth-order valence-electron chi connectivity index (χ4n) is 2.21. The van der Waals surface area contributed by atoms with Crippen molar-refractivity contribution in [2.75, 3.05) is 26.0 Å². The first kappa shape index (κ1) is 15.1. The van der Waals surface area contributed by atoms with Gasteiger partial charge in [0.2, 0.25) is 10.0 Å². The summed E-state index contributed by atoms with van der Waals surface area (Å²) in [5.74, 6) is 0.245. The Labute approximate surface area is 119 Å². The van der Waals surface area contributed by atoms with Crippen molar-refractivity contribution in [1.82, 2.24) is 4.72 Å². The van der Waals surface area contributed by atoms with Gasteiger partial charge >= 0.3 is 0 Å². The van der Waals surface area contributed by atoms with Gasteiger partial charge in [-0.25, -0.2) is 13.1 Å². The van der Waals surface area contributed by atoms with Crippen molar-refractivity contribution >= 4 is 15.7 Å². The predicted octanol–water partition coefficient (Wildman–Crippen LogP) is 1.12. The van der Waals surface area contributed by atoms with Crippen LogP contribution >= 0.6 is 0 Å². The molecule has 1 unspecified atom stereocenters. The van der Waals surface area contributed by atoms with E-state index in [1.165, 1.54) is 25.3 Å². The van der Waals surface area contributed by atoms with E-state index in [9.17, 15) is 8.42 Å². The number of sulfonamides is 1. The van der Waals surface area contributed by atoms with Gasteiger partial charge in [0.05, 0.1) is 13.2 Å². The first-order valence-electron chi connectivity index (χ1n) is 6.58. The molecule has 1 atom stereocenters. The molecule has 7 heteroatoms. The van der Waals surface area contributed by atoms with Gasteiger partial charge < -0.3 is 15.2 Å². The summed E-state index contributed by atoms with van der Waals surface area (Å²) in [5.41, 5.74) is 6.08. The Morgan fingerprint density at radius 3 is 2.95 bits per heavy atom. The van der Waals surface area contributed by atoms with Gasteiger partial charge in [-0.1, -0.05) is 0 Å². The molecule has 1 fully saturated rings. The lowest BCUT2D eigenvalue weighted by molar-refractivity contribution is 0.105. The van der Waals surface area contributed by atoms with E-state index in [4.69, 9.17) is 15.2 Å². The highest BCUT2D eigenvalue weighted by molar-refractivity contribution is 7.89. The number of rotatable bonds is 6. The van der Waals surface area contributed by atoms with Crippen molar-refractivity contribution in [2.45, 2.75) is 30.3 Å².